The van der Waals surface area contributed by atoms with Crippen LogP contribution in [0.15, 0.2) is 22.9 Å². The Morgan fingerprint density at radius 1 is 1.04 bits per heavy atom. The fourth-order valence-corrected chi connectivity index (χ4v) is 7.71. The molecule has 0 spiro atoms. The van der Waals surface area contributed by atoms with Crippen LogP contribution in [0.3, 0.4) is 0 Å². The van der Waals surface area contributed by atoms with E-state index in [-0.39, 0.29) is 34.7 Å². The van der Waals surface area contributed by atoms with E-state index in [1.807, 2.05) is 6.92 Å². The summed E-state index contributed by atoms with van der Waals surface area (Å²) in [6.45, 7) is 7.95. The molecule has 0 aromatic heterocycles. The molecule has 0 aromatic carbocycles. The lowest BCUT2D eigenvalue weighted by molar-refractivity contribution is -0.139. The Bertz CT molecular complexity index is 793. The van der Waals surface area contributed by atoms with Crippen molar-refractivity contribution in [3.63, 3.8) is 0 Å². The molecular weight excluding hydrogens is 344 g/mol. The number of carbonyl (C=O) groups is 2. The summed E-state index contributed by atoms with van der Waals surface area (Å²) in [6, 6.07) is 0. The third-order valence-electron chi connectivity index (χ3n) is 8.74. The number of rotatable bonds is 1. The molecule has 27 heavy (non-hydrogen) atoms. The topological polar surface area (TPSA) is 94.8 Å². The van der Waals surface area contributed by atoms with Crippen LogP contribution in [-0.4, -0.2) is 26.9 Å². The summed E-state index contributed by atoms with van der Waals surface area (Å²) in [6.07, 6.45) is 4.04. The predicted molar refractivity (Wildman–Crippen MR) is 100 cm³/mol. The van der Waals surface area contributed by atoms with Gasteiger partial charge in [-0.05, 0) is 80.6 Å². The SMILES string of the molecule is CC(=O)[C@H]1C(C)C[C@H]2[C@@H]3CCC4=C(O)C(O)=C(O)C(=O)[C@]4(C)[C@H]3CC[C@]12C. The minimum absolute atomic E-state index is 0.0159. The number of fused-ring (bicyclic) bond motifs is 5. The number of aliphatic hydroxyl groups excluding tert-OH is 3. The van der Waals surface area contributed by atoms with Crippen LogP contribution in [-0.2, 0) is 9.59 Å². The van der Waals surface area contributed by atoms with Crippen LogP contribution < -0.4 is 0 Å². The molecule has 1 unspecified atom stereocenters. The fraction of sp³-hybridized carbons (Fsp3) is 0.727. The molecule has 0 aliphatic heterocycles. The molecule has 0 aromatic rings. The minimum Gasteiger partial charge on any atom is -0.504 e. The molecule has 5 heteroatoms. The first kappa shape index (κ1) is 18.6. The molecule has 3 saturated carbocycles. The summed E-state index contributed by atoms with van der Waals surface area (Å²) in [7, 11) is 0. The summed E-state index contributed by atoms with van der Waals surface area (Å²) in [5, 5.41) is 30.5. The van der Waals surface area contributed by atoms with E-state index in [1.54, 1.807) is 6.92 Å². The highest BCUT2D eigenvalue weighted by Crippen LogP contribution is 2.67. The van der Waals surface area contributed by atoms with Gasteiger partial charge in [-0.2, -0.15) is 0 Å². The van der Waals surface area contributed by atoms with Gasteiger partial charge in [-0.1, -0.05) is 13.8 Å². The number of aliphatic hydroxyl groups is 3. The van der Waals surface area contributed by atoms with Gasteiger partial charge < -0.3 is 15.3 Å². The molecule has 3 fully saturated rings. The number of hydrogen-bond acceptors (Lipinski definition) is 5. The van der Waals surface area contributed by atoms with Gasteiger partial charge in [-0.15, -0.1) is 0 Å². The maximum atomic E-state index is 13.0. The average molecular weight is 374 g/mol. The van der Waals surface area contributed by atoms with E-state index in [0.29, 0.717) is 23.8 Å². The Kier molecular flexibility index (Phi) is 3.86. The molecule has 4 aliphatic rings. The smallest absolute Gasteiger partial charge is 0.211 e. The number of Topliss-reactive ketones (excluding diaryl/α,β-unsaturated/α-hetero) is 2. The second-order valence-corrected chi connectivity index (χ2v) is 9.82. The quantitative estimate of drug-likeness (QED) is 0.632. The van der Waals surface area contributed by atoms with Gasteiger partial charge in [-0.25, -0.2) is 0 Å². The molecule has 0 heterocycles. The third kappa shape index (κ3) is 2.11. The molecule has 3 N–H and O–H groups in total. The van der Waals surface area contributed by atoms with E-state index in [0.717, 1.165) is 25.7 Å². The highest BCUT2D eigenvalue weighted by atomic mass is 16.3. The van der Waals surface area contributed by atoms with E-state index in [2.05, 4.69) is 13.8 Å². The van der Waals surface area contributed by atoms with Crippen LogP contribution in [0, 0.1) is 40.4 Å². The fourth-order valence-electron chi connectivity index (χ4n) is 7.71. The lowest BCUT2D eigenvalue weighted by Crippen LogP contribution is -2.54. The van der Waals surface area contributed by atoms with Crippen molar-refractivity contribution in [1.29, 1.82) is 0 Å². The zero-order chi connectivity index (χ0) is 19.9. The van der Waals surface area contributed by atoms with Gasteiger partial charge in [0.1, 0.15) is 5.78 Å². The Morgan fingerprint density at radius 3 is 2.33 bits per heavy atom. The first-order valence-electron chi connectivity index (χ1n) is 10.2. The number of hydrogen-bond donors (Lipinski definition) is 3. The van der Waals surface area contributed by atoms with Gasteiger partial charge in [0.15, 0.2) is 5.76 Å². The van der Waals surface area contributed by atoms with E-state index >= 15 is 0 Å². The van der Waals surface area contributed by atoms with Crippen LogP contribution in [0.4, 0.5) is 0 Å². The monoisotopic (exact) mass is 374 g/mol. The maximum Gasteiger partial charge on any atom is 0.211 e. The van der Waals surface area contributed by atoms with Crippen molar-refractivity contribution in [2.45, 2.75) is 59.8 Å². The van der Waals surface area contributed by atoms with Gasteiger partial charge >= 0.3 is 0 Å². The van der Waals surface area contributed by atoms with E-state index in [4.69, 9.17) is 0 Å². The normalized spacial score (nSPS) is 46.8. The number of ketones is 2. The van der Waals surface area contributed by atoms with Crippen LogP contribution in [0.2, 0.25) is 0 Å². The number of carbonyl (C=O) groups excluding carboxylic acids is 2. The largest absolute Gasteiger partial charge is 0.504 e. The molecule has 148 valence electrons. The van der Waals surface area contributed by atoms with Gasteiger partial charge in [0, 0.05) is 5.92 Å². The summed E-state index contributed by atoms with van der Waals surface area (Å²) >= 11 is 0. The van der Waals surface area contributed by atoms with E-state index < -0.39 is 22.7 Å². The van der Waals surface area contributed by atoms with Crippen molar-refractivity contribution in [1.82, 2.24) is 0 Å². The van der Waals surface area contributed by atoms with Gasteiger partial charge in [0.05, 0.1) is 5.41 Å². The van der Waals surface area contributed by atoms with E-state index in [1.165, 1.54) is 0 Å². The van der Waals surface area contributed by atoms with E-state index in [9.17, 15) is 24.9 Å². The molecule has 0 saturated heterocycles. The van der Waals surface area contributed by atoms with Crippen LogP contribution >= 0.6 is 0 Å². The standard InChI is InChI=1S/C22H30O5/c1-10-9-15-12-5-6-14-17(24)18(25)19(26)20(27)22(14,4)13(12)7-8-21(15,3)16(10)11(2)23/h10,12-13,15-16,24-26H,5-9H2,1-4H3/t10?,12-,13+,15+,16-,21+,22-/m1/s1. The second kappa shape index (κ2) is 5.62. The van der Waals surface area contributed by atoms with Crippen LogP contribution in [0.25, 0.3) is 0 Å². The highest BCUT2D eigenvalue weighted by Gasteiger charge is 2.64. The van der Waals surface area contributed by atoms with Gasteiger partial charge in [0.2, 0.25) is 17.3 Å². The van der Waals surface area contributed by atoms with Crippen molar-refractivity contribution < 1.29 is 24.9 Å². The van der Waals surface area contributed by atoms with Crippen molar-refractivity contribution >= 4 is 11.6 Å². The zero-order valence-corrected chi connectivity index (χ0v) is 16.6. The lowest BCUT2D eigenvalue weighted by atomic mass is 9.46. The summed E-state index contributed by atoms with van der Waals surface area (Å²) < 4.78 is 0. The molecule has 5 nitrogen and oxygen atoms in total. The number of allylic oxidation sites excluding steroid dienone is 2. The third-order valence-corrected chi connectivity index (χ3v) is 8.74. The van der Waals surface area contributed by atoms with Crippen LogP contribution in [0.5, 0.6) is 0 Å². The van der Waals surface area contributed by atoms with Crippen molar-refractivity contribution in [3.05, 3.63) is 22.9 Å². The Balaban J connectivity index is 1.77. The highest BCUT2D eigenvalue weighted by molar-refractivity contribution is 6.02. The van der Waals surface area contributed by atoms with Gasteiger partial charge in [-0.3, -0.25) is 9.59 Å². The molecule has 0 radical (unpaired) electrons. The zero-order valence-electron chi connectivity index (χ0n) is 16.6. The summed E-state index contributed by atoms with van der Waals surface area (Å²) in [4.78, 5) is 25.4. The Labute approximate surface area is 160 Å². The summed E-state index contributed by atoms with van der Waals surface area (Å²) in [5.41, 5.74) is -0.437. The molecule has 4 rings (SSSR count). The minimum atomic E-state index is -0.970. The lowest BCUT2D eigenvalue weighted by Gasteiger charge is -2.56. The van der Waals surface area contributed by atoms with Crippen LogP contribution in [0.1, 0.15) is 59.8 Å². The van der Waals surface area contributed by atoms with Crippen molar-refractivity contribution in [2.24, 2.45) is 40.4 Å². The first-order valence-corrected chi connectivity index (χ1v) is 10.2. The molecule has 7 atom stereocenters. The molecular formula is C22H30O5. The Morgan fingerprint density at radius 2 is 1.70 bits per heavy atom. The first-order chi connectivity index (χ1) is 12.5. The maximum absolute atomic E-state index is 13.0. The average Bonchev–Trinajstić information content (AvgIpc) is 2.88. The molecule has 0 bridgehead atoms. The van der Waals surface area contributed by atoms with Crippen molar-refractivity contribution in [2.75, 3.05) is 0 Å². The Hall–Kier alpha value is -1.78. The molecule has 4 aliphatic carbocycles. The van der Waals surface area contributed by atoms with Crippen molar-refractivity contribution in [3.8, 4) is 0 Å². The predicted octanol–water partition coefficient (Wildman–Crippen LogP) is 4.40. The van der Waals surface area contributed by atoms with Gasteiger partial charge in [0.25, 0.3) is 0 Å². The molecule has 0 amide bonds. The summed E-state index contributed by atoms with van der Waals surface area (Å²) in [5.74, 6) is -0.832. The second-order valence-electron chi connectivity index (χ2n) is 9.82.